The summed E-state index contributed by atoms with van der Waals surface area (Å²) in [7, 11) is 0. The summed E-state index contributed by atoms with van der Waals surface area (Å²) >= 11 is 0. The first-order valence-corrected chi connectivity index (χ1v) is 16.8. The number of ether oxygens (including phenoxy) is 2. The second-order valence-electron chi connectivity index (χ2n) is 12.2. The molecule has 1 saturated carbocycles. The molecule has 1 aliphatic carbocycles. The van der Waals surface area contributed by atoms with E-state index in [1.165, 1.54) is 63.4 Å². The van der Waals surface area contributed by atoms with Gasteiger partial charge in [-0.1, -0.05) is 115 Å². The minimum Gasteiger partial charge on any atom is -0.425 e. The van der Waals surface area contributed by atoms with Crippen molar-refractivity contribution in [2.24, 2.45) is 11.8 Å². The number of carbonyl (C=O) groups excluding carboxylic acids is 2. The molecular weight excluding hydrogens is 510 g/mol. The van der Waals surface area contributed by atoms with Crippen LogP contribution in [-0.2, 0) is 14.3 Å². The van der Waals surface area contributed by atoms with E-state index in [-0.39, 0.29) is 17.9 Å². The normalized spacial score (nSPS) is 21.2. The Hall–Kier alpha value is -2.30. The maximum atomic E-state index is 13.2. The Labute approximate surface area is 251 Å². The number of rotatable bonds is 20. The van der Waals surface area contributed by atoms with Gasteiger partial charge >= 0.3 is 12.1 Å². The fourth-order valence-electron chi connectivity index (χ4n) is 6.54. The fourth-order valence-corrected chi connectivity index (χ4v) is 6.54. The number of amides is 1. The Morgan fingerprint density at radius 1 is 0.829 bits per heavy atom. The molecule has 0 saturated heterocycles. The minimum absolute atomic E-state index is 0.0589. The molecule has 232 valence electrons. The van der Waals surface area contributed by atoms with Crippen LogP contribution in [0.3, 0.4) is 0 Å². The molecule has 1 amide bonds. The first-order valence-electron chi connectivity index (χ1n) is 16.8. The summed E-state index contributed by atoms with van der Waals surface area (Å²) in [6, 6.07) is 10.5. The molecule has 0 aromatic heterocycles. The molecule has 0 bridgehead atoms. The summed E-state index contributed by atoms with van der Waals surface area (Å²) in [5.41, 5.74) is 1.26. The quantitative estimate of drug-likeness (QED) is 0.0678. The number of unbranched alkanes of at least 4 members (excludes halogenated alkanes) is 11. The van der Waals surface area contributed by atoms with Crippen molar-refractivity contribution < 1.29 is 19.1 Å². The maximum absolute atomic E-state index is 13.2. The van der Waals surface area contributed by atoms with Crippen molar-refractivity contribution in [1.82, 2.24) is 4.90 Å². The van der Waals surface area contributed by atoms with Gasteiger partial charge < -0.3 is 14.4 Å². The van der Waals surface area contributed by atoms with Gasteiger partial charge in [-0.15, -0.1) is 0 Å². The lowest BCUT2D eigenvalue weighted by molar-refractivity contribution is -0.166. The molecule has 2 rings (SSSR count). The molecule has 0 N–H and O–H groups in total. The predicted molar refractivity (Wildman–Crippen MR) is 170 cm³/mol. The molecule has 0 radical (unpaired) electrons. The van der Waals surface area contributed by atoms with Gasteiger partial charge in [-0.25, -0.2) is 4.79 Å². The van der Waals surface area contributed by atoms with Crippen LogP contribution < -0.4 is 0 Å². The first-order chi connectivity index (χ1) is 19.9. The largest absolute Gasteiger partial charge is 0.425 e. The van der Waals surface area contributed by atoms with Crippen molar-refractivity contribution in [2.75, 3.05) is 6.54 Å². The summed E-state index contributed by atoms with van der Waals surface area (Å²) in [4.78, 5) is 27.4. The van der Waals surface area contributed by atoms with Crippen LogP contribution in [-0.4, -0.2) is 35.8 Å². The molecule has 1 aromatic rings. The first kappa shape index (κ1) is 34.9. The Kier molecular flexibility index (Phi) is 17.5. The molecule has 0 aliphatic heterocycles. The van der Waals surface area contributed by atoms with Gasteiger partial charge in [0.05, 0.1) is 0 Å². The van der Waals surface area contributed by atoms with E-state index in [2.05, 4.69) is 57.2 Å². The van der Waals surface area contributed by atoms with Crippen molar-refractivity contribution in [3.63, 3.8) is 0 Å². The molecular formula is C36H59NO4. The van der Waals surface area contributed by atoms with Gasteiger partial charge in [0, 0.05) is 31.8 Å². The van der Waals surface area contributed by atoms with Crippen LogP contribution in [0.5, 0.6) is 0 Å². The van der Waals surface area contributed by atoms with Crippen LogP contribution in [0, 0.1) is 11.8 Å². The molecule has 1 aromatic carbocycles. The van der Waals surface area contributed by atoms with E-state index in [0.29, 0.717) is 24.8 Å². The number of hydrogen-bond donors (Lipinski definition) is 0. The van der Waals surface area contributed by atoms with Crippen molar-refractivity contribution in [3.05, 3.63) is 48.0 Å². The molecule has 5 atom stereocenters. The zero-order valence-electron chi connectivity index (χ0n) is 26.8. The van der Waals surface area contributed by atoms with E-state index >= 15 is 0 Å². The smallest absolute Gasteiger partial charge is 0.413 e. The van der Waals surface area contributed by atoms with Crippen LogP contribution in [0.1, 0.15) is 142 Å². The summed E-state index contributed by atoms with van der Waals surface area (Å²) in [6.45, 7) is 10.9. The third-order valence-corrected chi connectivity index (χ3v) is 8.63. The summed E-state index contributed by atoms with van der Waals surface area (Å²) in [5, 5.41) is 0. The topological polar surface area (TPSA) is 55.8 Å². The van der Waals surface area contributed by atoms with Crippen LogP contribution >= 0.6 is 0 Å². The average Bonchev–Trinajstić information content (AvgIpc) is 3.24. The third kappa shape index (κ3) is 13.0. The van der Waals surface area contributed by atoms with Crippen LogP contribution in [0.15, 0.2) is 42.5 Å². The molecule has 0 heterocycles. The minimum atomic E-state index is -0.892. The molecule has 5 nitrogen and oxygen atoms in total. The monoisotopic (exact) mass is 569 g/mol. The van der Waals surface area contributed by atoms with E-state index in [1.54, 1.807) is 6.92 Å². The number of hydrogen-bond acceptors (Lipinski definition) is 4. The van der Waals surface area contributed by atoms with Gasteiger partial charge in [0.2, 0.25) is 6.29 Å². The second-order valence-corrected chi connectivity index (χ2v) is 12.2. The van der Waals surface area contributed by atoms with Crippen LogP contribution in [0.4, 0.5) is 4.79 Å². The van der Waals surface area contributed by atoms with Crippen molar-refractivity contribution in [1.29, 1.82) is 0 Å². The SMILES string of the molecule is CCCCCCCC/C=C\CCCCCCCC(=O)OC(C)OC(=O)N(CC)C1C(C)CC(C)C1c1ccccc1. The molecule has 1 fully saturated rings. The summed E-state index contributed by atoms with van der Waals surface area (Å²) in [6.07, 6.45) is 20.7. The van der Waals surface area contributed by atoms with Gasteiger partial charge in [0.15, 0.2) is 0 Å². The Balaban J connectivity index is 1.61. The number of benzene rings is 1. The van der Waals surface area contributed by atoms with E-state index in [1.807, 2.05) is 17.9 Å². The van der Waals surface area contributed by atoms with E-state index in [9.17, 15) is 9.59 Å². The lowest BCUT2D eigenvalue weighted by Gasteiger charge is -2.35. The highest BCUT2D eigenvalue weighted by molar-refractivity contribution is 5.71. The van der Waals surface area contributed by atoms with Crippen molar-refractivity contribution in [3.8, 4) is 0 Å². The number of allylic oxidation sites excluding steroid dienone is 2. The Morgan fingerprint density at radius 2 is 1.41 bits per heavy atom. The van der Waals surface area contributed by atoms with Crippen LogP contribution in [0.2, 0.25) is 0 Å². The zero-order valence-corrected chi connectivity index (χ0v) is 26.8. The highest BCUT2D eigenvalue weighted by Crippen LogP contribution is 2.45. The standard InChI is InChI=1S/C36H59NO4/c1-6-8-9-10-11-12-13-14-15-16-17-18-19-20-24-27-33(38)40-31(5)41-36(39)37(7-2)35-30(4)28-29(3)34(35)32-25-22-21-23-26-32/h14-15,21-23,25-26,29-31,34-35H,6-13,16-20,24,27-28H2,1-5H3/b15-14-. The van der Waals surface area contributed by atoms with Crippen molar-refractivity contribution in [2.45, 2.75) is 149 Å². The number of nitrogens with zero attached hydrogens (tertiary/aromatic N) is 1. The van der Waals surface area contributed by atoms with Crippen LogP contribution in [0.25, 0.3) is 0 Å². The lowest BCUT2D eigenvalue weighted by Crippen LogP contribution is -2.46. The Morgan fingerprint density at radius 3 is 2.02 bits per heavy atom. The molecule has 1 aliphatic rings. The van der Waals surface area contributed by atoms with Gasteiger partial charge in [-0.2, -0.15) is 0 Å². The zero-order chi connectivity index (χ0) is 29.9. The van der Waals surface area contributed by atoms with Gasteiger partial charge in [0.25, 0.3) is 0 Å². The van der Waals surface area contributed by atoms with Crippen molar-refractivity contribution >= 4 is 12.1 Å². The third-order valence-electron chi connectivity index (χ3n) is 8.63. The molecule has 0 spiro atoms. The summed E-state index contributed by atoms with van der Waals surface area (Å²) in [5.74, 6) is 0.802. The van der Waals surface area contributed by atoms with E-state index < -0.39 is 12.4 Å². The number of esters is 1. The number of carbonyl (C=O) groups is 2. The second kappa shape index (κ2) is 20.6. The Bertz CT molecular complexity index is 870. The predicted octanol–water partition coefficient (Wildman–Crippen LogP) is 10.2. The highest BCUT2D eigenvalue weighted by Gasteiger charge is 2.44. The fraction of sp³-hybridized carbons (Fsp3) is 0.722. The lowest BCUT2D eigenvalue weighted by atomic mass is 9.86. The molecule has 5 heteroatoms. The number of likely N-dealkylation sites (N-methyl/N-ethyl adjacent to an activating group) is 1. The molecule has 41 heavy (non-hydrogen) atoms. The summed E-state index contributed by atoms with van der Waals surface area (Å²) < 4.78 is 11.1. The molecule has 5 unspecified atom stereocenters. The van der Waals surface area contributed by atoms with Gasteiger partial charge in [-0.05, 0) is 62.8 Å². The highest BCUT2D eigenvalue weighted by atomic mass is 16.7. The van der Waals surface area contributed by atoms with Gasteiger partial charge in [-0.3, -0.25) is 4.79 Å². The maximum Gasteiger partial charge on any atom is 0.413 e. The van der Waals surface area contributed by atoms with E-state index in [0.717, 1.165) is 32.1 Å². The van der Waals surface area contributed by atoms with Gasteiger partial charge in [0.1, 0.15) is 0 Å². The average molecular weight is 570 g/mol. The van der Waals surface area contributed by atoms with E-state index in [4.69, 9.17) is 9.47 Å².